The molecule has 1 aromatic carbocycles. The number of hydrogen-bond donors (Lipinski definition) is 2. The van der Waals surface area contributed by atoms with Crippen LogP contribution in [0.15, 0.2) is 29.3 Å². The van der Waals surface area contributed by atoms with Crippen molar-refractivity contribution in [2.45, 2.75) is 45.7 Å². The normalized spacial score (nSPS) is 12.1. The van der Waals surface area contributed by atoms with Gasteiger partial charge in [0.05, 0.1) is 17.2 Å². The van der Waals surface area contributed by atoms with Crippen LogP contribution in [0.1, 0.15) is 31.7 Å². The second-order valence-electron chi connectivity index (χ2n) is 5.71. The van der Waals surface area contributed by atoms with E-state index in [1.807, 2.05) is 19.9 Å². The number of carbonyl (C=O) groups excluding carboxylic acids is 1. The van der Waals surface area contributed by atoms with E-state index in [9.17, 15) is 14.4 Å². The number of amides is 1. The van der Waals surface area contributed by atoms with Crippen molar-refractivity contribution >= 4 is 22.8 Å². The van der Waals surface area contributed by atoms with Crippen LogP contribution >= 0.6 is 0 Å². The minimum atomic E-state index is -1.05. The predicted octanol–water partition coefficient (Wildman–Crippen LogP) is 1.46. The highest BCUT2D eigenvalue weighted by Crippen LogP contribution is 2.11. The van der Waals surface area contributed by atoms with E-state index >= 15 is 0 Å². The lowest BCUT2D eigenvalue weighted by atomic mass is 10.1. The summed E-state index contributed by atoms with van der Waals surface area (Å²) in [7, 11) is 0. The maximum absolute atomic E-state index is 12.4. The zero-order valence-corrected chi connectivity index (χ0v) is 13.8. The van der Waals surface area contributed by atoms with Crippen LogP contribution in [0.5, 0.6) is 0 Å². The molecule has 1 heterocycles. The summed E-state index contributed by atoms with van der Waals surface area (Å²) >= 11 is 0. The molecule has 0 spiro atoms. The van der Waals surface area contributed by atoms with Gasteiger partial charge in [0.25, 0.3) is 5.56 Å². The van der Waals surface area contributed by atoms with E-state index in [0.717, 1.165) is 5.56 Å². The molecule has 0 bridgehead atoms. The third kappa shape index (κ3) is 3.98. The number of carbonyl (C=O) groups is 2. The number of carboxylic acids is 1. The number of nitrogens with one attached hydrogen (secondary N) is 1. The van der Waals surface area contributed by atoms with E-state index in [1.54, 1.807) is 12.1 Å². The van der Waals surface area contributed by atoms with Crippen molar-refractivity contribution in [2.75, 3.05) is 0 Å². The first kappa shape index (κ1) is 17.7. The molecule has 2 N–H and O–H groups in total. The first-order valence-corrected chi connectivity index (χ1v) is 7.91. The Hall–Kier alpha value is -2.70. The number of aliphatic carboxylic acids is 1. The maximum Gasteiger partial charge on any atom is 0.326 e. The highest BCUT2D eigenvalue weighted by Gasteiger charge is 2.18. The number of aromatic nitrogens is 2. The number of fused-ring (bicyclic) bond motifs is 1. The molecule has 0 saturated heterocycles. The van der Waals surface area contributed by atoms with Crippen molar-refractivity contribution in [3.63, 3.8) is 0 Å². The van der Waals surface area contributed by atoms with Gasteiger partial charge < -0.3 is 10.4 Å². The van der Waals surface area contributed by atoms with Crippen LogP contribution in [0.2, 0.25) is 0 Å². The molecule has 1 aromatic heterocycles. The largest absolute Gasteiger partial charge is 0.480 e. The molecule has 1 unspecified atom stereocenters. The fraction of sp³-hybridized carbons (Fsp3) is 0.412. The Morgan fingerprint density at radius 2 is 2.12 bits per heavy atom. The second-order valence-corrected chi connectivity index (χ2v) is 5.71. The molecule has 2 rings (SSSR count). The van der Waals surface area contributed by atoms with Gasteiger partial charge in [-0.2, -0.15) is 0 Å². The molecular formula is C17H21N3O4. The zero-order valence-electron chi connectivity index (χ0n) is 13.8. The molecule has 7 nitrogen and oxygen atoms in total. The molecule has 0 aliphatic heterocycles. The van der Waals surface area contributed by atoms with E-state index in [2.05, 4.69) is 10.3 Å². The smallest absolute Gasteiger partial charge is 0.326 e. The van der Waals surface area contributed by atoms with Gasteiger partial charge in [-0.05, 0) is 25.0 Å². The number of rotatable bonds is 7. The van der Waals surface area contributed by atoms with Gasteiger partial charge in [0.2, 0.25) is 5.91 Å². The molecule has 128 valence electrons. The summed E-state index contributed by atoms with van der Waals surface area (Å²) in [6.45, 7) is 3.89. The summed E-state index contributed by atoms with van der Waals surface area (Å²) in [5.41, 5.74) is 1.36. The van der Waals surface area contributed by atoms with Gasteiger partial charge in [0.1, 0.15) is 6.04 Å². The highest BCUT2D eigenvalue weighted by molar-refractivity contribution is 5.83. The van der Waals surface area contributed by atoms with E-state index in [4.69, 9.17) is 5.11 Å². The Bertz CT molecular complexity index is 813. The molecule has 7 heteroatoms. The lowest BCUT2D eigenvalue weighted by Gasteiger charge is -2.14. The highest BCUT2D eigenvalue weighted by atomic mass is 16.4. The minimum absolute atomic E-state index is 0.0202. The monoisotopic (exact) mass is 331 g/mol. The van der Waals surface area contributed by atoms with Gasteiger partial charge in [-0.15, -0.1) is 0 Å². The topological polar surface area (TPSA) is 101 Å². The van der Waals surface area contributed by atoms with Gasteiger partial charge in [0.15, 0.2) is 0 Å². The van der Waals surface area contributed by atoms with Gasteiger partial charge >= 0.3 is 5.97 Å². The summed E-state index contributed by atoms with van der Waals surface area (Å²) in [4.78, 5) is 39.7. The van der Waals surface area contributed by atoms with Crippen molar-refractivity contribution < 1.29 is 14.7 Å². The maximum atomic E-state index is 12.4. The van der Waals surface area contributed by atoms with E-state index in [1.165, 1.54) is 10.9 Å². The van der Waals surface area contributed by atoms with Crippen LogP contribution in [0.25, 0.3) is 10.9 Å². The average Bonchev–Trinajstić information content (AvgIpc) is 2.54. The fourth-order valence-corrected chi connectivity index (χ4v) is 2.53. The zero-order chi connectivity index (χ0) is 17.7. The Kier molecular flexibility index (Phi) is 5.68. The summed E-state index contributed by atoms with van der Waals surface area (Å²) in [6, 6.07) is 4.49. The molecule has 0 aliphatic carbocycles. The van der Waals surface area contributed by atoms with Crippen molar-refractivity contribution in [1.82, 2.24) is 14.9 Å². The number of benzene rings is 1. The summed E-state index contributed by atoms with van der Waals surface area (Å²) in [5, 5.41) is 12.0. The lowest BCUT2D eigenvalue weighted by Crippen LogP contribution is -2.41. The molecule has 2 aromatic rings. The van der Waals surface area contributed by atoms with Crippen molar-refractivity contribution in [2.24, 2.45) is 0 Å². The van der Waals surface area contributed by atoms with Crippen LogP contribution in [0.4, 0.5) is 0 Å². The van der Waals surface area contributed by atoms with E-state index in [-0.39, 0.29) is 18.5 Å². The van der Waals surface area contributed by atoms with Gasteiger partial charge in [-0.3, -0.25) is 14.2 Å². The Morgan fingerprint density at radius 3 is 2.79 bits per heavy atom. The first-order valence-electron chi connectivity index (χ1n) is 7.91. The third-order valence-corrected chi connectivity index (χ3v) is 3.85. The average molecular weight is 331 g/mol. The van der Waals surface area contributed by atoms with Gasteiger partial charge in [-0.25, -0.2) is 9.78 Å². The van der Waals surface area contributed by atoms with Crippen LogP contribution in [0, 0.1) is 6.92 Å². The molecular weight excluding hydrogens is 310 g/mol. The number of para-hydroxylation sites is 1. The van der Waals surface area contributed by atoms with Crippen molar-refractivity contribution in [3.05, 3.63) is 40.4 Å². The third-order valence-electron chi connectivity index (χ3n) is 3.85. The van der Waals surface area contributed by atoms with E-state index in [0.29, 0.717) is 23.7 Å². The molecule has 0 radical (unpaired) electrons. The number of aryl methyl sites for hydroxylation is 2. The predicted molar refractivity (Wildman–Crippen MR) is 89.8 cm³/mol. The summed E-state index contributed by atoms with van der Waals surface area (Å²) < 4.78 is 1.37. The number of carboxylic acid groups (broad SMARTS) is 1. The van der Waals surface area contributed by atoms with Crippen LogP contribution in [0.3, 0.4) is 0 Å². The van der Waals surface area contributed by atoms with Crippen LogP contribution in [-0.4, -0.2) is 32.6 Å². The quantitative estimate of drug-likeness (QED) is 0.800. The lowest BCUT2D eigenvalue weighted by molar-refractivity contribution is -0.142. The molecule has 24 heavy (non-hydrogen) atoms. The molecule has 1 atom stereocenters. The van der Waals surface area contributed by atoms with Crippen LogP contribution in [-0.2, 0) is 16.1 Å². The second kappa shape index (κ2) is 7.72. The first-order chi connectivity index (χ1) is 11.4. The van der Waals surface area contributed by atoms with Crippen molar-refractivity contribution in [1.29, 1.82) is 0 Å². The SMILES string of the molecule is CCCC(NC(=O)CCn1cnc2c(C)cccc2c1=O)C(=O)O. The minimum Gasteiger partial charge on any atom is -0.480 e. The molecule has 0 saturated carbocycles. The standard InChI is InChI=1S/C17H21N3O4/c1-3-5-13(17(23)24)19-14(21)8-9-20-10-18-15-11(2)6-4-7-12(15)16(20)22/h4,6-7,10,13H,3,5,8-9H2,1-2H3,(H,19,21)(H,23,24). The Morgan fingerprint density at radius 1 is 1.38 bits per heavy atom. The Balaban J connectivity index is 2.08. The van der Waals surface area contributed by atoms with Crippen LogP contribution < -0.4 is 10.9 Å². The molecule has 1 amide bonds. The van der Waals surface area contributed by atoms with E-state index < -0.39 is 17.9 Å². The number of nitrogens with zero attached hydrogens (tertiary/aromatic N) is 2. The fourth-order valence-electron chi connectivity index (χ4n) is 2.53. The molecule has 0 fully saturated rings. The number of hydrogen-bond acceptors (Lipinski definition) is 4. The molecule has 0 aliphatic rings. The van der Waals surface area contributed by atoms with Gasteiger partial charge in [0, 0.05) is 13.0 Å². The Labute approximate surface area is 139 Å². The van der Waals surface area contributed by atoms with Crippen molar-refractivity contribution in [3.8, 4) is 0 Å². The summed E-state index contributed by atoms with van der Waals surface area (Å²) in [6.07, 6.45) is 2.47. The van der Waals surface area contributed by atoms with Gasteiger partial charge in [-0.1, -0.05) is 25.5 Å². The summed E-state index contributed by atoms with van der Waals surface area (Å²) in [5.74, 6) is -1.45.